The summed E-state index contributed by atoms with van der Waals surface area (Å²) in [6, 6.07) is 8.92. The summed E-state index contributed by atoms with van der Waals surface area (Å²) in [4.78, 5) is 24.3. The van der Waals surface area contributed by atoms with Crippen molar-refractivity contribution < 1.29 is 4.79 Å². The van der Waals surface area contributed by atoms with Crippen LogP contribution in [0.3, 0.4) is 0 Å². The van der Waals surface area contributed by atoms with Crippen molar-refractivity contribution in [3.63, 3.8) is 0 Å². The molecule has 24 heavy (non-hydrogen) atoms. The lowest BCUT2D eigenvalue weighted by Gasteiger charge is -2.07. The largest absolute Gasteiger partial charge is 0.295 e. The molecule has 8 heteroatoms. The van der Waals surface area contributed by atoms with E-state index in [0.29, 0.717) is 5.13 Å². The molecule has 0 atom stereocenters. The lowest BCUT2D eigenvalue weighted by Crippen LogP contribution is -2.25. The number of carbonyl (C=O) groups is 1. The van der Waals surface area contributed by atoms with Gasteiger partial charge in [0.1, 0.15) is 5.01 Å². The van der Waals surface area contributed by atoms with Gasteiger partial charge in [0.2, 0.25) is 10.6 Å². The molecule has 2 aromatic heterocycles. The smallest absolute Gasteiger partial charge is 0.282 e. The molecule has 0 radical (unpaired) electrons. The third kappa shape index (κ3) is 3.38. The van der Waals surface area contributed by atoms with Gasteiger partial charge in [0.25, 0.3) is 5.91 Å². The molecule has 1 aromatic carbocycles. The number of nitrogens with zero attached hydrogens (tertiary/aromatic N) is 4. The maximum absolute atomic E-state index is 12.3. The number of nitrogens with one attached hydrogen (secondary N) is 1. The first-order valence-electron chi connectivity index (χ1n) is 7.37. The van der Waals surface area contributed by atoms with Gasteiger partial charge in [0.15, 0.2) is 5.69 Å². The maximum atomic E-state index is 12.3. The summed E-state index contributed by atoms with van der Waals surface area (Å²) < 4.78 is 1.49. The highest BCUT2D eigenvalue weighted by molar-refractivity contribution is 7.15. The van der Waals surface area contributed by atoms with Crippen LogP contribution >= 0.6 is 11.3 Å². The van der Waals surface area contributed by atoms with E-state index in [-0.39, 0.29) is 5.69 Å². The minimum absolute atomic E-state index is 0.189. The van der Waals surface area contributed by atoms with Crippen molar-refractivity contribution in [3.05, 3.63) is 63.0 Å². The minimum Gasteiger partial charge on any atom is -0.295 e. The molecule has 1 N–H and O–H groups in total. The predicted octanol–water partition coefficient (Wildman–Crippen LogP) is 2.21. The fourth-order valence-electron chi connectivity index (χ4n) is 2.01. The van der Waals surface area contributed by atoms with Crippen LogP contribution in [0.15, 0.2) is 41.3 Å². The Labute approximate surface area is 142 Å². The van der Waals surface area contributed by atoms with E-state index in [1.165, 1.54) is 28.3 Å². The van der Waals surface area contributed by atoms with Crippen molar-refractivity contribution in [2.45, 2.75) is 20.3 Å². The highest BCUT2D eigenvalue weighted by Crippen LogP contribution is 2.15. The Morgan fingerprint density at radius 2 is 1.96 bits per heavy atom. The van der Waals surface area contributed by atoms with Crippen molar-refractivity contribution in [3.8, 4) is 5.69 Å². The Bertz CT molecular complexity index is 930. The molecule has 0 unspecified atom stereocenters. The molecular weight excluding hydrogens is 326 g/mol. The normalized spacial score (nSPS) is 10.6. The Morgan fingerprint density at radius 3 is 2.62 bits per heavy atom. The number of carbonyl (C=O) groups excluding carboxylic acids is 1. The third-order valence-corrected chi connectivity index (χ3v) is 4.29. The molecule has 0 spiro atoms. The molecule has 0 saturated heterocycles. The third-order valence-electron chi connectivity index (χ3n) is 3.31. The van der Waals surface area contributed by atoms with Crippen molar-refractivity contribution in [1.82, 2.24) is 20.0 Å². The van der Waals surface area contributed by atoms with E-state index in [4.69, 9.17) is 0 Å². The van der Waals surface area contributed by atoms with Crippen molar-refractivity contribution in [2.24, 2.45) is 0 Å². The molecule has 0 aliphatic rings. The molecule has 0 saturated carbocycles. The standard InChI is InChI=1S/C16H15N5O2S/c1-3-13-18-19-16(24-13)17-15(23)14-12(22)8-9-21(20-14)11-6-4-10(2)5-7-11/h4-9H,3H2,1-2H3,(H,17,19,23). The minimum atomic E-state index is -0.597. The highest BCUT2D eigenvalue weighted by atomic mass is 32.1. The highest BCUT2D eigenvalue weighted by Gasteiger charge is 2.15. The molecule has 0 aliphatic heterocycles. The van der Waals surface area contributed by atoms with Gasteiger partial charge in [-0.05, 0) is 25.5 Å². The van der Waals surface area contributed by atoms with Gasteiger partial charge < -0.3 is 0 Å². The van der Waals surface area contributed by atoms with Crippen molar-refractivity contribution >= 4 is 22.4 Å². The van der Waals surface area contributed by atoms with E-state index in [2.05, 4.69) is 20.6 Å². The second kappa shape index (κ2) is 6.71. The van der Waals surface area contributed by atoms with Crippen LogP contribution in [0.25, 0.3) is 5.69 Å². The second-order valence-corrected chi connectivity index (χ2v) is 6.18. The van der Waals surface area contributed by atoms with E-state index in [9.17, 15) is 9.59 Å². The van der Waals surface area contributed by atoms with Crippen LogP contribution in [0.2, 0.25) is 0 Å². The van der Waals surface area contributed by atoms with E-state index in [1.54, 1.807) is 0 Å². The van der Waals surface area contributed by atoms with Gasteiger partial charge in [-0.25, -0.2) is 4.68 Å². The van der Waals surface area contributed by atoms with Gasteiger partial charge in [-0.3, -0.25) is 14.9 Å². The van der Waals surface area contributed by atoms with Gasteiger partial charge in [-0.15, -0.1) is 10.2 Å². The number of aryl methyl sites for hydroxylation is 2. The number of amides is 1. The number of hydrogen-bond donors (Lipinski definition) is 1. The van der Waals surface area contributed by atoms with Crippen LogP contribution in [-0.4, -0.2) is 25.9 Å². The summed E-state index contributed by atoms with van der Waals surface area (Å²) >= 11 is 1.27. The van der Waals surface area contributed by atoms with Crippen LogP contribution in [-0.2, 0) is 6.42 Å². The zero-order chi connectivity index (χ0) is 17.1. The van der Waals surface area contributed by atoms with E-state index >= 15 is 0 Å². The van der Waals surface area contributed by atoms with E-state index in [0.717, 1.165) is 22.7 Å². The van der Waals surface area contributed by atoms with Crippen molar-refractivity contribution in [1.29, 1.82) is 0 Å². The summed E-state index contributed by atoms with van der Waals surface area (Å²) in [7, 11) is 0. The molecule has 0 bridgehead atoms. The fraction of sp³-hybridized carbons (Fsp3) is 0.188. The lowest BCUT2D eigenvalue weighted by molar-refractivity contribution is 0.101. The summed E-state index contributed by atoms with van der Waals surface area (Å²) in [5.41, 5.74) is 1.24. The molecule has 7 nitrogen and oxygen atoms in total. The van der Waals surface area contributed by atoms with E-state index in [1.807, 2.05) is 38.1 Å². The molecule has 2 heterocycles. The van der Waals surface area contributed by atoms with Gasteiger partial charge in [-0.2, -0.15) is 5.10 Å². The lowest BCUT2D eigenvalue weighted by atomic mass is 10.2. The van der Waals surface area contributed by atoms with Gasteiger partial charge in [-0.1, -0.05) is 36.0 Å². The quantitative estimate of drug-likeness (QED) is 0.786. The number of benzene rings is 1. The summed E-state index contributed by atoms with van der Waals surface area (Å²) in [6.07, 6.45) is 2.27. The predicted molar refractivity (Wildman–Crippen MR) is 91.8 cm³/mol. The monoisotopic (exact) mass is 341 g/mol. The zero-order valence-electron chi connectivity index (χ0n) is 13.2. The maximum Gasteiger partial charge on any atom is 0.282 e. The summed E-state index contributed by atoms with van der Waals surface area (Å²) in [6.45, 7) is 3.93. The van der Waals surface area contributed by atoms with Crippen molar-refractivity contribution in [2.75, 3.05) is 5.32 Å². The first kappa shape index (κ1) is 16.0. The molecule has 0 fully saturated rings. The van der Waals surface area contributed by atoms with Crippen LogP contribution < -0.4 is 10.7 Å². The van der Waals surface area contributed by atoms with E-state index < -0.39 is 11.3 Å². The first-order chi connectivity index (χ1) is 11.6. The Kier molecular flexibility index (Phi) is 4.48. The molecular formula is C16H15N5O2S. The fourth-order valence-corrected chi connectivity index (χ4v) is 2.68. The molecule has 3 rings (SSSR count). The topological polar surface area (TPSA) is 89.8 Å². The first-order valence-corrected chi connectivity index (χ1v) is 8.19. The Morgan fingerprint density at radius 1 is 1.21 bits per heavy atom. The number of aromatic nitrogens is 4. The Balaban J connectivity index is 1.89. The summed E-state index contributed by atoms with van der Waals surface area (Å²) in [5.74, 6) is -0.597. The molecule has 1 amide bonds. The second-order valence-electron chi connectivity index (χ2n) is 5.12. The number of anilines is 1. The van der Waals surface area contributed by atoms with Crippen LogP contribution in [0.1, 0.15) is 28.0 Å². The van der Waals surface area contributed by atoms with Gasteiger partial charge in [0.05, 0.1) is 5.69 Å². The number of hydrogen-bond acceptors (Lipinski definition) is 6. The Hall–Kier alpha value is -2.87. The average Bonchev–Trinajstić information content (AvgIpc) is 3.03. The van der Waals surface area contributed by atoms with Crippen LogP contribution in [0.5, 0.6) is 0 Å². The summed E-state index contributed by atoms with van der Waals surface area (Å²) in [5, 5.41) is 15.7. The SMILES string of the molecule is CCc1nnc(NC(=O)c2nn(-c3ccc(C)cc3)ccc2=O)s1. The molecule has 3 aromatic rings. The molecule has 122 valence electrons. The van der Waals surface area contributed by atoms with Gasteiger partial charge in [0, 0.05) is 12.3 Å². The van der Waals surface area contributed by atoms with Crippen LogP contribution in [0.4, 0.5) is 5.13 Å². The number of rotatable bonds is 4. The molecule has 0 aliphatic carbocycles. The van der Waals surface area contributed by atoms with Gasteiger partial charge >= 0.3 is 0 Å². The van der Waals surface area contributed by atoms with Crippen LogP contribution in [0, 0.1) is 6.92 Å². The average molecular weight is 341 g/mol. The zero-order valence-corrected chi connectivity index (χ0v) is 14.0.